The van der Waals surface area contributed by atoms with Gasteiger partial charge in [-0.05, 0) is 25.5 Å². The summed E-state index contributed by atoms with van der Waals surface area (Å²) in [4.78, 5) is 31.1. The van der Waals surface area contributed by atoms with Crippen LogP contribution in [-0.4, -0.2) is 27.0 Å². The van der Waals surface area contributed by atoms with Crippen LogP contribution in [0, 0.1) is 0 Å². The van der Waals surface area contributed by atoms with E-state index >= 15 is 0 Å². The summed E-state index contributed by atoms with van der Waals surface area (Å²) in [5.41, 5.74) is 0.912. The third kappa shape index (κ3) is 3.63. The number of nitrogens with zero attached hydrogens (tertiary/aromatic N) is 2. The van der Waals surface area contributed by atoms with E-state index in [2.05, 4.69) is 15.3 Å². The Kier molecular flexibility index (Phi) is 4.64. The van der Waals surface area contributed by atoms with E-state index in [1.807, 2.05) is 19.2 Å². The van der Waals surface area contributed by atoms with Gasteiger partial charge in [-0.3, -0.25) is 4.79 Å². The number of aryl methyl sites for hydroxylation is 1. The van der Waals surface area contributed by atoms with E-state index in [1.165, 1.54) is 18.3 Å². The largest absolute Gasteiger partial charge is 0.477 e. The van der Waals surface area contributed by atoms with Crippen LogP contribution in [0.2, 0.25) is 0 Å². The van der Waals surface area contributed by atoms with Crippen molar-refractivity contribution in [3.05, 3.63) is 45.7 Å². The predicted molar refractivity (Wildman–Crippen MR) is 78.6 cm³/mol. The molecule has 7 heteroatoms. The second-order valence-electron chi connectivity index (χ2n) is 4.45. The Balaban J connectivity index is 2.10. The van der Waals surface area contributed by atoms with Gasteiger partial charge < -0.3 is 10.4 Å². The lowest BCUT2D eigenvalue weighted by molar-refractivity contribution is 0.0690. The first-order chi connectivity index (χ1) is 10.0. The third-order valence-electron chi connectivity index (χ3n) is 2.90. The maximum Gasteiger partial charge on any atom is 0.354 e. The zero-order chi connectivity index (χ0) is 15.4. The smallest absolute Gasteiger partial charge is 0.354 e. The molecule has 0 radical (unpaired) electrons. The maximum atomic E-state index is 12.1. The molecule has 6 nitrogen and oxygen atoms in total. The van der Waals surface area contributed by atoms with Crippen LogP contribution in [0.3, 0.4) is 0 Å². The van der Waals surface area contributed by atoms with Crippen LogP contribution in [0.15, 0.2) is 23.7 Å². The highest BCUT2D eigenvalue weighted by Gasteiger charge is 2.15. The molecular weight excluding hydrogens is 290 g/mol. The first kappa shape index (κ1) is 15.1. The first-order valence-corrected chi connectivity index (χ1v) is 7.33. The minimum absolute atomic E-state index is 0.155. The van der Waals surface area contributed by atoms with Gasteiger partial charge in [-0.25, -0.2) is 14.8 Å². The monoisotopic (exact) mass is 305 g/mol. The Bertz CT molecular complexity index is 669. The van der Waals surface area contributed by atoms with Crippen molar-refractivity contribution < 1.29 is 14.7 Å². The molecule has 0 aliphatic rings. The molecule has 0 saturated carbocycles. The third-order valence-corrected chi connectivity index (χ3v) is 3.92. The summed E-state index contributed by atoms with van der Waals surface area (Å²) in [5.74, 6) is -1.51. The van der Waals surface area contributed by atoms with E-state index in [4.69, 9.17) is 5.11 Å². The van der Waals surface area contributed by atoms with Gasteiger partial charge in [0.25, 0.3) is 5.91 Å². The van der Waals surface area contributed by atoms with Gasteiger partial charge in [-0.15, -0.1) is 11.3 Å². The van der Waals surface area contributed by atoms with Crippen LogP contribution in [-0.2, 0) is 6.42 Å². The van der Waals surface area contributed by atoms with Crippen molar-refractivity contribution in [3.8, 4) is 0 Å². The highest BCUT2D eigenvalue weighted by atomic mass is 32.1. The molecule has 0 fully saturated rings. The van der Waals surface area contributed by atoms with E-state index < -0.39 is 5.97 Å². The molecule has 0 saturated heterocycles. The number of rotatable bonds is 5. The summed E-state index contributed by atoms with van der Waals surface area (Å²) >= 11 is 1.56. The number of thiazole rings is 1. The zero-order valence-electron chi connectivity index (χ0n) is 11.7. The Hall–Kier alpha value is -2.28. The number of carbonyl (C=O) groups excluding carboxylic acids is 1. The number of carbonyl (C=O) groups is 2. The van der Waals surface area contributed by atoms with E-state index in [0.29, 0.717) is 0 Å². The van der Waals surface area contributed by atoms with Gasteiger partial charge in [0.1, 0.15) is 5.69 Å². The lowest BCUT2D eigenvalue weighted by atomic mass is 10.2. The molecule has 2 aromatic heterocycles. The molecule has 2 N–H and O–H groups in total. The predicted octanol–water partition coefficient (Wildman–Crippen LogP) is 2.29. The molecule has 110 valence electrons. The summed E-state index contributed by atoms with van der Waals surface area (Å²) < 4.78 is 0. The lowest BCUT2D eigenvalue weighted by Crippen LogP contribution is -2.27. The van der Waals surface area contributed by atoms with Crippen molar-refractivity contribution in [1.29, 1.82) is 0 Å². The Morgan fingerprint density at radius 1 is 1.48 bits per heavy atom. The molecule has 0 spiro atoms. The van der Waals surface area contributed by atoms with Crippen LogP contribution >= 0.6 is 11.3 Å². The average molecular weight is 305 g/mol. The number of amides is 1. The van der Waals surface area contributed by atoms with Crippen molar-refractivity contribution in [3.63, 3.8) is 0 Å². The topological polar surface area (TPSA) is 92.2 Å². The Morgan fingerprint density at radius 3 is 2.86 bits per heavy atom. The van der Waals surface area contributed by atoms with E-state index in [9.17, 15) is 9.59 Å². The van der Waals surface area contributed by atoms with Gasteiger partial charge in [0.05, 0.1) is 16.7 Å². The van der Waals surface area contributed by atoms with E-state index in [1.54, 1.807) is 11.3 Å². The summed E-state index contributed by atoms with van der Waals surface area (Å²) in [6, 6.07) is 2.49. The number of hydrogen-bond acceptors (Lipinski definition) is 5. The molecule has 2 heterocycles. The van der Waals surface area contributed by atoms with Crippen molar-refractivity contribution >= 4 is 23.2 Å². The number of carboxylic acids is 1. The molecule has 2 rings (SSSR count). The van der Waals surface area contributed by atoms with Gasteiger partial charge in [-0.1, -0.05) is 6.92 Å². The van der Waals surface area contributed by atoms with Crippen LogP contribution in [0.1, 0.15) is 51.4 Å². The van der Waals surface area contributed by atoms with Gasteiger partial charge in [0.15, 0.2) is 0 Å². The number of pyridine rings is 1. The van der Waals surface area contributed by atoms with E-state index in [0.717, 1.165) is 17.1 Å². The molecular formula is C14H15N3O3S. The number of aromatic carboxylic acids is 1. The van der Waals surface area contributed by atoms with Gasteiger partial charge in [0.2, 0.25) is 0 Å². The molecule has 1 atom stereocenters. The van der Waals surface area contributed by atoms with Crippen molar-refractivity contribution in [2.45, 2.75) is 26.3 Å². The average Bonchev–Trinajstić information content (AvgIpc) is 2.96. The van der Waals surface area contributed by atoms with Crippen LogP contribution in [0.5, 0.6) is 0 Å². The van der Waals surface area contributed by atoms with Gasteiger partial charge in [0, 0.05) is 17.1 Å². The second kappa shape index (κ2) is 6.45. The molecule has 0 aromatic carbocycles. The highest BCUT2D eigenvalue weighted by Crippen LogP contribution is 2.17. The molecule has 1 amide bonds. The number of carboxylic acid groups (broad SMARTS) is 1. The second-order valence-corrected chi connectivity index (χ2v) is 5.39. The minimum atomic E-state index is -1.16. The SMILES string of the molecule is CCc1nc(C(C)NC(=O)c2ccnc(C(=O)O)c2)cs1. The fourth-order valence-electron chi connectivity index (χ4n) is 1.73. The zero-order valence-corrected chi connectivity index (χ0v) is 12.5. The molecule has 0 bridgehead atoms. The van der Waals surface area contributed by atoms with Crippen LogP contribution in [0.25, 0.3) is 0 Å². The van der Waals surface area contributed by atoms with Crippen LogP contribution < -0.4 is 5.32 Å². The summed E-state index contributed by atoms with van der Waals surface area (Å²) in [7, 11) is 0. The molecule has 21 heavy (non-hydrogen) atoms. The maximum absolute atomic E-state index is 12.1. The fraction of sp³-hybridized carbons (Fsp3) is 0.286. The molecule has 2 aromatic rings. The van der Waals surface area contributed by atoms with Crippen molar-refractivity contribution in [2.75, 3.05) is 0 Å². The minimum Gasteiger partial charge on any atom is -0.477 e. The molecule has 0 aliphatic carbocycles. The number of nitrogens with one attached hydrogen (secondary N) is 1. The number of hydrogen-bond donors (Lipinski definition) is 2. The lowest BCUT2D eigenvalue weighted by Gasteiger charge is -2.11. The van der Waals surface area contributed by atoms with Crippen molar-refractivity contribution in [1.82, 2.24) is 15.3 Å². The first-order valence-electron chi connectivity index (χ1n) is 6.45. The fourth-order valence-corrected chi connectivity index (χ4v) is 2.57. The summed E-state index contributed by atoms with van der Waals surface area (Å²) in [5, 5.41) is 14.6. The molecule has 0 aliphatic heterocycles. The quantitative estimate of drug-likeness (QED) is 0.884. The summed E-state index contributed by atoms with van der Waals surface area (Å²) in [6.07, 6.45) is 2.17. The van der Waals surface area contributed by atoms with Crippen LogP contribution in [0.4, 0.5) is 0 Å². The van der Waals surface area contributed by atoms with Gasteiger partial charge in [-0.2, -0.15) is 0 Å². The highest BCUT2D eigenvalue weighted by molar-refractivity contribution is 7.09. The normalized spacial score (nSPS) is 11.9. The van der Waals surface area contributed by atoms with Gasteiger partial charge >= 0.3 is 5.97 Å². The Morgan fingerprint density at radius 2 is 2.24 bits per heavy atom. The number of aromatic nitrogens is 2. The summed E-state index contributed by atoms with van der Waals surface area (Å²) in [6.45, 7) is 3.86. The van der Waals surface area contributed by atoms with Crippen molar-refractivity contribution in [2.24, 2.45) is 0 Å². The molecule has 1 unspecified atom stereocenters. The standard InChI is InChI=1S/C14H15N3O3S/c1-3-12-17-11(7-21-12)8(2)16-13(18)9-4-5-15-10(6-9)14(19)20/h4-8H,3H2,1-2H3,(H,16,18)(H,19,20). The van der Waals surface area contributed by atoms with E-state index in [-0.39, 0.29) is 23.2 Å². The Labute approximate surface area is 125 Å².